The Hall–Kier alpha value is -0.780. The van der Waals surface area contributed by atoms with Crippen molar-refractivity contribution in [3.8, 4) is 5.75 Å². The summed E-state index contributed by atoms with van der Waals surface area (Å²) < 4.78 is 4.95. The Labute approximate surface area is 86.9 Å². The Morgan fingerprint density at radius 3 is 2.86 bits per heavy atom. The van der Waals surface area contributed by atoms with Gasteiger partial charge in [0.1, 0.15) is 5.75 Å². The molecule has 1 heterocycles. The highest BCUT2D eigenvalue weighted by molar-refractivity contribution is 7.99. The van der Waals surface area contributed by atoms with E-state index in [-0.39, 0.29) is 6.61 Å². The molecule has 1 aromatic heterocycles. The van der Waals surface area contributed by atoms with Gasteiger partial charge in [0.2, 0.25) is 0 Å². The first-order valence-corrected chi connectivity index (χ1v) is 5.16. The maximum atomic E-state index is 9.10. The number of pyridine rings is 1. The normalized spacial score (nSPS) is 12.5. The summed E-state index contributed by atoms with van der Waals surface area (Å²) in [5, 5.41) is 18.5. The minimum atomic E-state index is -0.691. The van der Waals surface area contributed by atoms with Crippen LogP contribution in [-0.4, -0.2) is 40.8 Å². The van der Waals surface area contributed by atoms with Gasteiger partial charge in [0.05, 0.1) is 31.0 Å². The maximum Gasteiger partial charge on any atom is 0.137 e. The Morgan fingerprint density at radius 1 is 1.57 bits per heavy atom. The van der Waals surface area contributed by atoms with E-state index in [2.05, 4.69) is 4.98 Å². The maximum absolute atomic E-state index is 9.10. The number of aromatic nitrogens is 1. The van der Waals surface area contributed by atoms with Crippen molar-refractivity contribution in [1.29, 1.82) is 0 Å². The summed E-state index contributed by atoms with van der Waals surface area (Å²) >= 11 is 1.40. The lowest BCUT2D eigenvalue weighted by molar-refractivity contribution is 0.113. The van der Waals surface area contributed by atoms with Gasteiger partial charge in [-0.05, 0) is 12.1 Å². The second kappa shape index (κ2) is 5.85. The van der Waals surface area contributed by atoms with Gasteiger partial charge in [-0.3, -0.25) is 0 Å². The minimum absolute atomic E-state index is 0.219. The van der Waals surface area contributed by atoms with Crippen LogP contribution in [0.3, 0.4) is 0 Å². The molecule has 5 heteroatoms. The third-order valence-corrected chi connectivity index (χ3v) is 2.67. The van der Waals surface area contributed by atoms with Crippen LogP contribution in [0.4, 0.5) is 0 Å². The predicted octanol–water partition coefficient (Wildman–Crippen LogP) is 0.535. The van der Waals surface area contributed by atoms with Gasteiger partial charge in [0, 0.05) is 5.75 Å². The molecule has 1 atom stereocenters. The molecule has 0 aliphatic carbocycles. The van der Waals surface area contributed by atoms with E-state index in [1.165, 1.54) is 11.8 Å². The second-order valence-corrected chi connectivity index (χ2v) is 3.72. The number of nitrogens with zero attached hydrogens (tertiary/aromatic N) is 1. The molecule has 0 bridgehead atoms. The van der Waals surface area contributed by atoms with E-state index in [9.17, 15) is 0 Å². The number of hydrogen-bond donors (Lipinski definition) is 2. The van der Waals surface area contributed by atoms with Crippen LogP contribution in [0.15, 0.2) is 23.4 Å². The van der Waals surface area contributed by atoms with Crippen molar-refractivity contribution < 1.29 is 14.9 Å². The minimum Gasteiger partial charge on any atom is -0.495 e. The van der Waals surface area contributed by atoms with Crippen molar-refractivity contribution in [3.05, 3.63) is 18.3 Å². The number of ether oxygens (including phenoxy) is 1. The molecule has 0 spiro atoms. The zero-order valence-electron chi connectivity index (χ0n) is 7.88. The fourth-order valence-electron chi connectivity index (χ4n) is 0.807. The van der Waals surface area contributed by atoms with Crippen LogP contribution in [-0.2, 0) is 0 Å². The molecule has 0 radical (unpaired) electrons. The smallest absolute Gasteiger partial charge is 0.137 e. The van der Waals surface area contributed by atoms with Crippen LogP contribution in [0.25, 0.3) is 0 Å². The monoisotopic (exact) mass is 215 g/mol. The number of aliphatic hydroxyl groups is 2. The Bertz CT molecular complexity index is 265. The highest BCUT2D eigenvalue weighted by Gasteiger charge is 2.03. The molecule has 0 aliphatic heterocycles. The Morgan fingerprint density at radius 2 is 2.36 bits per heavy atom. The van der Waals surface area contributed by atoms with Crippen LogP contribution in [0.5, 0.6) is 5.75 Å². The van der Waals surface area contributed by atoms with E-state index in [1.807, 2.05) is 6.07 Å². The van der Waals surface area contributed by atoms with Crippen molar-refractivity contribution in [3.63, 3.8) is 0 Å². The molecular formula is C9H13NO3S. The van der Waals surface area contributed by atoms with Crippen LogP contribution in [0.2, 0.25) is 0 Å². The lowest BCUT2D eigenvalue weighted by Crippen LogP contribution is -2.14. The topological polar surface area (TPSA) is 62.6 Å². The van der Waals surface area contributed by atoms with Crippen LogP contribution in [0.1, 0.15) is 0 Å². The lowest BCUT2D eigenvalue weighted by Gasteiger charge is -2.05. The second-order valence-electron chi connectivity index (χ2n) is 2.68. The van der Waals surface area contributed by atoms with Gasteiger partial charge in [0.25, 0.3) is 0 Å². The number of rotatable bonds is 5. The molecule has 78 valence electrons. The molecule has 0 amide bonds. The van der Waals surface area contributed by atoms with Crippen LogP contribution >= 0.6 is 11.8 Å². The zero-order chi connectivity index (χ0) is 10.4. The van der Waals surface area contributed by atoms with Gasteiger partial charge < -0.3 is 14.9 Å². The molecule has 4 nitrogen and oxygen atoms in total. The standard InChI is InChI=1S/C9H13NO3S/c1-13-8-2-3-9(10-4-8)14-6-7(12)5-11/h2-4,7,11-12H,5-6H2,1H3. The summed E-state index contributed by atoms with van der Waals surface area (Å²) in [5.41, 5.74) is 0. The van der Waals surface area contributed by atoms with Crippen LogP contribution in [0, 0.1) is 0 Å². The summed E-state index contributed by atoms with van der Waals surface area (Å²) in [6.45, 7) is -0.219. The van der Waals surface area contributed by atoms with Crippen molar-refractivity contribution in [2.45, 2.75) is 11.1 Å². The molecule has 0 aliphatic rings. The van der Waals surface area contributed by atoms with Crippen molar-refractivity contribution in [1.82, 2.24) is 4.98 Å². The van der Waals surface area contributed by atoms with Crippen molar-refractivity contribution in [2.75, 3.05) is 19.5 Å². The fraction of sp³-hybridized carbons (Fsp3) is 0.444. The number of hydrogen-bond acceptors (Lipinski definition) is 5. The fourth-order valence-corrected chi connectivity index (χ4v) is 1.57. The summed E-state index contributed by atoms with van der Waals surface area (Å²) in [4.78, 5) is 4.10. The number of thioether (sulfide) groups is 1. The highest BCUT2D eigenvalue weighted by atomic mass is 32.2. The summed E-state index contributed by atoms with van der Waals surface area (Å²) in [7, 11) is 1.58. The zero-order valence-corrected chi connectivity index (χ0v) is 8.70. The third-order valence-electron chi connectivity index (χ3n) is 1.58. The average molecular weight is 215 g/mol. The van der Waals surface area contributed by atoms with Gasteiger partial charge in [-0.15, -0.1) is 11.8 Å². The van der Waals surface area contributed by atoms with Gasteiger partial charge in [0.15, 0.2) is 0 Å². The van der Waals surface area contributed by atoms with E-state index >= 15 is 0 Å². The largest absolute Gasteiger partial charge is 0.495 e. The Balaban J connectivity index is 2.43. The molecule has 0 fully saturated rings. The van der Waals surface area contributed by atoms with Gasteiger partial charge in [-0.2, -0.15) is 0 Å². The third kappa shape index (κ3) is 3.53. The highest BCUT2D eigenvalue weighted by Crippen LogP contribution is 2.18. The summed E-state index contributed by atoms with van der Waals surface area (Å²) in [6, 6.07) is 3.62. The first-order chi connectivity index (χ1) is 6.76. The SMILES string of the molecule is COc1ccc(SCC(O)CO)nc1. The number of methoxy groups -OCH3 is 1. The Kier molecular flexibility index (Phi) is 4.72. The lowest BCUT2D eigenvalue weighted by atomic mass is 10.4. The molecule has 0 aromatic carbocycles. The summed E-state index contributed by atoms with van der Waals surface area (Å²) in [6.07, 6.45) is 0.928. The quantitative estimate of drug-likeness (QED) is 0.702. The molecule has 1 unspecified atom stereocenters. The van der Waals surface area contributed by atoms with Crippen molar-refractivity contribution >= 4 is 11.8 Å². The van der Waals surface area contributed by atoms with Crippen LogP contribution < -0.4 is 4.74 Å². The average Bonchev–Trinajstić information content (AvgIpc) is 2.26. The van der Waals surface area contributed by atoms with Gasteiger partial charge in [-0.25, -0.2) is 4.98 Å². The molecule has 0 saturated carbocycles. The summed E-state index contributed by atoms with van der Waals surface area (Å²) in [5.74, 6) is 1.15. The van der Waals surface area contributed by atoms with E-state index in [0.717, 1.165) is 5.03 Å². The predicted molar refractivity (Wildman–Crippen MR) is 54.6 cm³/mol. The van der Waals surface area contributed by atoms with Crippen molar-refractivity contribution in [2.24, 2.45) is 0 Å². The molecule has 1 aromatic rings. The van der Waals surface area contributed by atoms with Gasteiger partial charge in [-0.1, -0.05) is 0 Å². The number of aliphatic hydroxyl groups excluding tert-OH is 2. The molecule has 1 rings (SSSR count). The first kappa shape index (κ1) is 11.3. The first-order valence-electron chi connectivity index (χ1n) is 4.18. The molecule has 2 N–H and O–H groups in total. The van der Waals surface area contributed by atoms with E-state index in [0.29, 0.717) is 11.5 Å². The molecule has 14 heavy (non-hydrogen) atoms. The molecular weight excluding hydrogens is 202 g/mol. The van der Waals surface area contributed by atoms with Gasteiger partial charge >= 0.3 is 0 Å². The van der Waals surface area contributed by atoms with E-state index < -0.39 is 6.10 Å². The van der Waals surface area contributed by atoms with E-state index in [1.54, 1.807) is 19.4 Å². The molecule has 0 saturated heterocycles. The van der Waals surface area contributed by atoms with E-state index in [4.69, 9.17) is 14.9 Å².